The van der Waals surface area contributed by atoms with E-state index in [0.29, 0.717) is 6.54 Å². The molecule has 1 aliphatic rings. The summed E-state index contributed by atoms with van der Waals surface area (Å²) in [6.07, 6.45) is 4.14. The number of hydrogen-bond donors (Lipinski definition) is 1. The third kappa shape index (κ3) is 1.73. The average Bonchev–Trinajstić information content (AvgIpc) is 2.81. The van der Waals surface area contributed by atoms with Crippen LogP contribution in [-0.4, -0.2) is 16.5 Å². The van der Waals surface area contributed by atoms with Crippen LogP contribution in [0.5, 0.6) is 0 Å². The molecule has 92 valence electrons. The fraction of sp³-hybridized carbons (Fsp3) is 0.231. The highest BCUT2D eigenvalue weighted by atomic mass is 19.1. The molecule has 2 N–H and O–H groups in total. The van der Waals surface area contributed by atoms with Crippen molar-refractivity contribution in [3.63, 3.8) is 0 Å². The number of rotatable bonds is 2. The Morgan fingerprint density at radius 1 is 1.28 bits per heavy atom. The zero-order chi connectivity index (χ0) is 12.5. The van der Waals surface area contributed by atoms with Crippen LogP contribution in [-0.2, 0) is 13.0 Å². The number of fused-ring (bicyclic) bond motifs is 1. The highest BCUT2D eigenvalue weighted by Crippen LogP contribution is 2.34. The van der Waals surface area contributed by atoms with Crippen LogP contribution in [0.25, 0.3) is 0 Å². The Balaban J connectivity index is 2.08. The Labute approximate surface area is 104 Å². The van der Waals surface area contributed by atoms with Crippen molar-refractivity contribution in [2.24, 2.45) is 5.73 Å². The van der Waals surface area contributed by atoms with Crippen molar-refractivity contribution in [1.29, 1.82) is 0 Å². The molecule has 0 bridgehead atoms. The number of halogens is 1. The zero-order valence-electron chi connectivity index (χ0n) is 9.81. The molecule has 0 radical (unpaired) electrons. The lowest BCUT2D eigenvalue weighted by atomic mass is 10.2. The molecule has 3 rings (SSSR count). The summed E-state index contributed by atoms with van der Waals surface area (Å²) in [6.45, 7) is 1.11. The standard InChI is InChI=1S/C13H13FN4/c14-10-2-1-9-3-6-18(12(9)7-10)13-11(8-15)16-4-5-17-13/h1-2,4-5,7H,3,6,8,15H2. The van der Waals surface area contributed by atoms with Crippen molar-refractivity contribution in [1.82, 2.24) is 9.97 Å². The maximum Gasteiger partial charge on any atom is 0.156 e. The van der Waals surface area contributed by atoms with Crippen molar-refractivity contribution in [2.75, 3.05) is 11.4 Å². The van der Waals surface area contributed by atoms with Crippen molar-refractivity contribution in [2.45, 2.75) is 13.0 Å². The van der Waals surface area contributed by atoms with Gasteiger partial charge in [0.05, 0.1) is 5.69 Å². The number of aromatic nitrogens is 2. The highest BCUT2D eigenvalue weighted by Gasteiger charge is 2.23. The van der Waals surface area contributed by atoms with E-state index < -0.39 is 0 Å². The summed E-state index contributed by atoms with van der Waals surface area (Å²) in [5.74, 6) is 0.489. The maximum absolute atomic E-state index is 13.3. The topological polar surface area (TPSA) is 55.0 Å². The summed E-state index contributed by atoms with van der Waals surface area (Å²) in [6, 6.07) is 4.85. The van der Waals surface area contributed by atoms with Crippen LogP contribution >= 0.6 is 0 Å². The van der Waals surface area contributed by atoms with Crippen molar-refractivity contribution >= 4 is 11.5 Å². The molecular weight excluding hydrogens is 231 g/mol. The molecule has 0 aliphatic carbocycles. The van der Waals surface area contributed by atoms with E-state index in [9.17, 15) is 4.39 Å². The lowest BCUT2D eigenvalue weighted by Gasteiger charge is -2.20. The summed E-state index contributed by atoms with van der Waals surface area (Å²) in [5.41, 5.74) is 8.39. The lowest BCUT2D eigenvalue weighted by molar-refractivity contribution is 0.628. The Hall–Kier alpha value is -2.01. The van der Waals surface area contributed by atoms with Gasteiger partial charge in [-0.15, -0.1) is 0 Å². The van der Waals surface area contributed by atoms with E-state index in [-0.39, 0.29) is 5.82 Å². The van der Waals surface area contributed by atoms with Crippen LogP contribution in [0.3, 0.4) is 0 Å². The first-order chi connectivity index (χ1) is 8.79. The fourth-order valence-electron chi connectivity index (χ4n) is 2.30. The van der Waals surface area contributed by atoms with Gasteiger partial charge in [0.25, 0.3) is 0 Å². The molecule has 4 nitrogen and oxygen atoms in total. The van der Waals surface area contributed by atoms with Gasteiger partial charge in [-0.3, -0.25) is 4.98 Å². The second kappa shape index (κ2) is 4.34. The SMILES string of the molecule is NCc1nccnc1N1CCc2ccc(F)cc21. The lowest BCUT2D eigenvalue weighted by Crippen LogP contribution is -2.18. The summed E-state index contributed by atoms with van der Waals surface area (Å²) < 4.78 is 13.3. The predicted octanol–water partition coefficient (Wildman–Crippen LogP) is 1.77. The van der Waals surface area contributed by atoms with Gasteiger partial charge < -0.3 is 10.6 Å². The first-order valence-electron chi connectivity index (χ1n) is 5.85. The molecule has 5 heteroatoms. The predicted molar refractivity (Wildman–Crippen MR) is 67.0 cm³/mol. The van der Waals surface area contributed by atoms with Crippen LogP contribution in [0.4, 0.5) is 15.9 Å². The third-order valence-electron chi connectivity index (χ3n) is 3.14. The van der Waals surface area contributed by atoms with E-state index in [1.807, 2.05) is 11.0 Å². The van der Waals surface area contributed by atoms with Gasteiger partial charge in [-0.25, -0.2) is 9.37 Å². The van der Waals surface area contributed by atoms with E-state index in [2.05, 4.69) is 9.97 Å². The van der Waals surface area contributed by atoms with Crippen molar-refractivity contribution in [3.05, 3.63) is 47.7 Å². The molecule has 0 amide bonds. The first-order valence-corrected chi connectivity index (χ1v) is 5.85. The Morgan fingerprint density at radius 2 is 2.11 bits per heavy atom. The Kier molecular flexibility index (Phi) is 2.68. The average molecular weight is 244 g/mol. The Bertz CT molecular complexity index is 585. The van der Waals surface area contributed by atoms with E-state index in [0.717, 1.165) is 35.7 Å². The quantitative estimate of drug-likeness (QED) is 0.874. The second-order valence-electron chi connectivity index (χ2n) is 4.21. The number of anilines is 2. The molecule has 18 heavy (non-hydrogen) atoms. The van der Waals surface area contributed by atoms with Gasteiger partial charge in [0, 0.05) is 31.2 Å². The molecule has 1 aromatic carbocycles. The molecule has 2 heterocycles. The molecule has 2 aromatic rings. The van der Waals surface area contributed by atoms with Gasteiger partial charge in [-0.05, 0) is 24.1 Å². The van der Waals surface area contributed by atoms with Gasteiger partial charge >= 0.3 is 0 Å². The van der Waals surface area contributed by atoms with Gasteiger partial charge in [-0.1, -0.05) is 6.07 Å². The molecule has 1 aliphatic heterocycles. The fourth-order valence-corrected chi connectivity index (χ4v) is 2.30. The van der Waals surface area contributed by atoms with Crippen LogP contribution < -0.4 is 10.6 Å². The first kappa shape index (κ1) is 11.1. The minimum atomic E-state index is -0.237. The van der Waals surface area contributed by atoms with Gasteiger partial charge in [-0.2, -0.15) is 0 Å². The van der Waals surface area contributed by atoms with Crippen molar-refractivity contribution in [3.8, 4) is 0 Å². The molecule has 0 saturated carbocycles. The molecule has 0 spiro atoms. The largest absolute Gasteiger partial charge is 0.325 e. The van der Waals surface area contributed by atoms with Crippen LogP contribution in [0.15, 0.2) is 30.6 Å². The molecular formula is C13H13FN4. The third-order valence-corrected chi connectivity index (χ3v) is 3.14. The monoisotopic (exact) mass is 244 g/mol. The smallest absolute Gasteiger partial charge is 0.156 e. The van der Waals surface area contributed by atoms with Gasteiger partial charge in [0.15, 0.2) is 5.82 Å². The number of hydrogen-bond acceptors (Lipinski definition) is 4. The molecule has 0 atom stereocenters. The number of nitrogens with zero attached hydrogens (tertiary/aromatic N) is 3. The minimum Gasteiger partial charge on any atom is -0.325 e. The Morgan fingerprint density at radius 3 is 2.94 bits per heavy atom. The van der Waals surface area contributed by atoms with Crippen LogP contribution in [0.1, 0.15) is 11.3 Å². The molecule has 0 saturated heterocycles. The van der Waals surface area contributed by atoms with E-state index in [1.54, 1.807) is 12.4 Å². The van der Waals surface area contributed by atoms with Crippen LogP contribution in [0, 0.1) is 5.82 Å². The molecule has 0 fully saturated rings. The minimum absolute atomic E-state index is 0.237. The van der Waals surface area contributed by atoms with Gasteiger partial charge in [0.2, 0.25) is 0 Å². The van der Waals surface area contributed by atoms with Crippen LogP contribution in [0.2, 0.25) is 0 Å². The summed E-state index contributed by atoms with van der Waals surface area (Å²) >= 11 is 0. The zero-order valence-corrected chi connectivity index (χ0v) is 9.81. The van der Waals surface area contributed by atoms with E-state index in [1.165, 1.54) is 12.1 Å². The summed E-state index contributed by atoms with van der Waals surface area (Å²) in [5, 5.41) is 0. The van der Waals surface area contributed by atoms with E-state index >= 15 is 0 Å². The summed E-state index contributed by atoms with van der Waals surface area (Å²) in [4.78, 5) is 10.5. The maximum atomic E-state index is 13.3. The molecule has 0 unspecified atom stereocenters. The second-order valence-corrected chi connectivity index (χ2v) is 4.21. The number of nitrogens with two attached hydrogens (primary N) is 1. The number of benzene rings is 1. The van der Waals surface area contributed by atoms with Gasteiger partial charge in [0.1, 0.15) is 5.82 Å². The highest BCUT2D eigenvalue weighted by molar-refractivity contribution is 5.68. The molecule has 1 aromatic heterocycles. The normalized spacial score (nSPS) is 13.8. The summed E-state index contributed by atoms with van der Waals surface area (Å²) in [7, 11) is 0. The van der Waals surface area contributed by atoms with Crippen molar-refractivity contribution < 1.29 is 4.39 Å². The van der Waals surface area contributed by atoms with E-state index in [4.69, 9.17) is 5.73 Å².